The fourth-order valence-corrected chi connectivity index (χ4v) is 1.57. The maximum Gasteiger partial charge on any atom is 0.0621 e. The molecule has 0 aromatic heterocycles. The van der Waals surface area contributed by atoms with E-state index in [1.165, 1.54) is 51.4 Å². The van der Waals surface area contributed by atoms with Gasteiger partial charge in [0.25, 0.3) is 0 Å². The maximum atomic E-state index is 8.35. The Hall–Kier alpha value is -0.770. The first-order chi connectivity index (χ1) is 7.41. The van der Waals surface area contributed by atoms with Crippen molar-refractivity contribution in [2.45, 2.75) is 71.1 Å². The van der Waals surface area contributed by atoms with Gasteiger partial charge in [0.2, 0.25) is 0 Å². The molecule has 0 rings (SSSR count). The maximum absolute atomic E-state index is 8.35. The molecule has 0 aliphatic heterocycles. The molecule has 0 bridgehead atoms. The van der Waals surface area contributed by atoms with E-state index in [2.05, 4.69) is 25.1 Å². The largest absolute Gasteiger partial charge is 0.198 e. The lowest BCUT2D eigenvalue weighted by atomic mass is 10.1. The van der Waals surface area contributed by atoms with E-state index in [0.29, 0.717) is 0 Å². The van der Waals surface area contributed by atoms with Crippen LogP contribution in [-0.2, 0) is 0 Å². The summed E-state index contributed by atoms with van der Waals surface area (Å²) in [5.74, 6) is 0. The molecule has 86 valence electrons. The van der Waals surface area contributed by atoms with Crippen LogP contribution in [0.3, 0.4) is 0 Å². The van der Waals surface area contributed by atoms with E-state index in [0.717, 1.165) is 12.8 Å². The summed E-state index contributed by atoms with van der Waals surface area (Å²) >= 11 is 0. The second-order valence-corrected chi connectivity index (χ2v) is 4.08. The van der Waals surface area contributed by atoms with Gasteiger partial charge in [-0.3, -0.25) is 0 Å². The molecule has 0 aromatic rings. The summed E-state index contributed by atoms with van der Waals surface area (Å²) in [5, 5.41) is 8.35. The third-order valence-electron chi connectivity index (χ3n) is 2.55. The Morgan fingerprint density at radius 3 is 2.00 bits per heavy atom. The van der Waals surface area contributed by atoms with Gasteiger partial charge in [0.15, 0.2) is 0 Å². The van der Waals surface area contributed by atoms with E-state index < -0.39 is 0 Å². The van der Waals surface area contributed by atoms with Crippen LogP contribution in [0, 0.1) is 11.3 Å². The van der Waals surface area contributed by atoms with Crippen LogP contribution in [0.25, 0.3) is 0 Å². The van der Waals surface area contributed by atoms with Gasteiger partial charge in [-0.15, -0.1) is 0 Å². The van der Waals surface area contributed by atoms with Crippen LogP contribution in [0.15, 0.2) is 12.2 Å². The number of rotatable bonds is 10. The fraction of sp³-hybridized carbons (Fsp3) is 0.786. The highest BCUT2D eigenvalue weighted by Crippen LogP contribution is 2.06. The molecule has 0 N–H and O–H groups in total. The van der Waals surface area contributed by atoms with Crippen molar-refractivity contribution in [1.29, 1.82) is 5.26 Å². The van der Waals surface area contributed by atoms with Crippen LogP contribution < -0.4 is 0 Å². The second kappa shape index (κ2) is 13.2. The molecule has 0 radical (unpaired) electrons. The predicted molar refractivity (Wildman–Crippen MR) is 66.6 cm³/mol. The van der Waals surface area contributed by atoms with Crippen molar-refractivity contribution in [1.82, 2.24) is 0 Å². The van der Waals surface area contributed by atoms with Crippen molar-refractivity contribution in [2.24, 2.45) is 0 Å². The highest BCUT2D eigenvalue weighted by atomic mass is 14.2. The summed E-state index contributed by atoms with van der Waals surface area (Å²) in [5.41, 5.74) is 0. The van der Waals surface area contributed by atoms with Crippen molar-refractivity contribution in [2.75, 3.05) is 0 Å². The summed E-state index contributed by atoms with van der Waals surface area (Å²) < 4.78 is 0. The van der Waals surface area contributed by atoms with Crippen LogP contribution in [-0.4, -0.2) is 0 Å². The third-order valence-corrected chi connectivity index (χ3v) is 2.55. The lowest BCUT2D eigenvalue weighted by Crippen LogP contribution is -1.76. The van der Waals surface area contributed by atoms with Gasteiger partial charge >= 0.3 is 0 Å². The molecule has 0 amide bonds. The van der Waals surface area contributed by atoms with Crippen molar-refractivity contribution in [3.63, 3.8) is 0 Å². The van der Waals surface area contributed by atoms with E-state index >= 15 is 0 Å². The van der Waals surface area contributed by atoms with Gasteiger partial charge in [-0.25, -0.2) is 0 Å². The van der Waals surface area contributed by atoms with Crippen LogP contribution in [0.1, 0.15) is 71.1 Å². The molecule has 0 unspecified atom stereocenters. The molecule has 0 heterocycles. The van der Waals surface area contributed by atoms with Gasteiger partial charge in [0.1, 0.15) is 0 Å². The summed E-state index contributed by atoms with van der Waals surface area (Å²) in [6.07, 6.45) is 16.7. The molecule has 15 heavy (non-hydrogen) atoms. The molecule has 0 saturated carbocycles. The highest BCUT2D eigenvalue weighted by molar-refractivity contribution is 4.81. The Balaban J connectivity index is 3.01. The van der Waals surface area contributed by atoms with Gasteiger partial charge in [0, 0.05) is 6.42 Å². The molecule has 0 aromatic carbocycles. The van der Waals surface area contributed by atoms with E-state index in [1.54, 1.807) is 0 Å². The zero-order valence-electron chi connectivity index (χ0n) is 10.2. The topological polar surface area (TPSA) is 23.8 Å². The number of unbranched alkanes of at least 4 members (excludes halogenated alkanes) is 8. The average molecular weight is 207 g/mol. The monoisotopic (exact) mass is 207 g/mol. The van der Waals surface area contributed by atoms with Crippen molar-refractivity contribution in [3.8, 4) is 6.07 Å². The SMILES string of the molecule is CCCCCC/C=C/CCCCCC#N. The second-order valence-electron chi connectivity index (χ2n) is 4.08. The first-order valence-electron chi connectivity index (χ1n) is 6.43. The minimum atomic E-state index is 0.723. The van der Waals surface area contributed by atoms with E-state index in [-0.39, 0.29) is 0 Å². The molecule has 0 aliphatic rings. The Morgan fingerprint density at radius 2 is 1.47 bits per heavy atom. The van der Waals surface area contributed by atoms with E-state index in [4.69, 9.17) is 5.26 Å². The summed E-state index contributed by atoms with van der Waals surface area (Å²) in [4.78, 5) is 0. The average Bonchev–Trinajstić information content (AvgIpc) is 2.26. The molecule has 0 fully saturated rings. The highest BCUT2D eigenvalue weighted by Gasteiger charge is 1.87. The molecule has 0 aliphatic carbocycles. The minimum Gasteiger partial charge on any atom is -0.198 e. The summed E-state index contributed by atoms with van der Waals surface area (Å²) in [7, 11) is 0. The molecular formula is C14H25N. The fourth-order valence-electron chi connectivity index (χ4n) is 1.57. The smallest absolute Gasteiger partial charge is 0.0621 e. The van der Waals surface area contributed by atoms with Crippen LogP contribution in [0.4, 0.5) is 0 Å². The van der Waals surface area contributed by atoms with E-state index in [9.17, 15) is 0 Å². The predicted octanol–water partition coefficient (Wildman–Crippen LogP) is 4.99. The van der Waals surface area contributed by atoms with E-state index in [1.807, 2.05) is 0 Å². The molecular weight excluding hydrogens is 182 g/mol. The number of hydrogen-bond acceptors (Lipinski definition) is 1. The van der Waals surface area contributed by atoms with Gasteiger partial charge in [-0.05, 0) is 32.1 Å². The van der Waals surface area contributed by atoms with Crippen LogP contribution in [0.5, 0.6) is 0 Å². The van der Waals surface area contributed by atoms with Gasteiger partial charge < -0.3 is 0 Å². The Bertz CT molecular complexity index is 176. The third kappa shape index (κ3) is 13.2. The molecule has 0 atom stereocenters. The Labute approximate surface area is 95.2 Å². The van der Waals surface area contributed by atoms with Crippen molar-refractivity contribution in [3.05, 3.63) is 12.2 Å². The molecule has 1 heteroatoms. The molecule has 0 spiro atoms. The lowest BCUT2D eigenvalue weighted by molar-refractivity contribution is 0.671. The van der Waals surface area contributed by atoms with Gasteiger partial charge in [0.05, 0.1) is 6.07 Å². The Kier molecular flexibility index (Phi) is 12.6. The van der Waals surface area contributed by atoms with Crippen LogP contribution >= 0.6 is 0 Å². The van der Waals surface area contributed by atoms with Gasteiger partial charge in [-0.1, -0.05) is 44.8 Å². The lowest BCUT2D eigenvalue weighted by Gasteiger charge is -1.95. The molecule has 0 saturated heterocycles. The number of nitrogens with zero attached hydrogens (tertiary/aromatic N) is 1. The first kappa shape index (κ1) is 14.2. The first-order valence-corrected chi connectivity index (χ1v) is 6.43. The van der Waals surface area contributed by atoms with Gasteiger partial charge in [-0.2, -0.15) is 5.26 Å². The van der Waals surface area contributed by atoms with Crippen molar-refractivity contribution >= 4 is 0 Å². The number of nitriles is 1. The summed E-state index contributed by atoms with van der Waals surface area (Å²) in [6.45, 7) is 2.25. The minimum absolute atomic E-state index is 0.723. The number of allylic oxidation sites excluding steroid dienone is 2. The standard InChI is InChI=1S/C14H25N/c1-2-3-4-5-6-7-8-9-10-11-12-13-14-15/h7-8H,2-6,9-13H2,1H3/b8-7+. The summed E-state index contributed by atoms with van der Waals surface area (Å²) in [6, 6.07) is 2.18. The normalized spacial score (nSPS) is 10.7. The zero-order chi connectivity index (χ0) is 11.2. The van der Waals surface area contributed by atoms with Crippen molar-refractivity contribution < 1.29 is 0 Å². The quantitative estimate of drug-likeness (QED) is 0.366. The van der Waals surface area contributed by atoms with Crippen LogP contribution in [0.2, 0.25) is 0 Å². The molecule has 1 nitrogen and oxygen atoms in total. The number of hydrogen-bond donors (Lipinski definition) is 0. The zero-order valence-corrected chi connectivity index (χ0v) is 10.2. The Morgan fingerprint density at radius 1 is 0.867 bits per heavy atom.